The lowest BCUT2D eigenvalue weighted by atomic mass is 10.1. The second kappa shape index (κ2) is 4.65. The van der Waals surface area contributed by atoms with Crippen molar-refractivity contribution in [1.82, 2.24) is 5.16 Å². The summed E-state index contributed by atoms with van der Waals surface area (Å²) in [5.41, 5.74) is 7.44. The van der Waals surface area contributed by atoms with Crippen molar-refractivity contribution in [3.63, 3.8) is 0 Å². The van der Waals surface area contributed by atoms with Gasteiger partial charge >= 0.3 is 0 Å². The first kappa shape index (κ1) is 11.6. The highest BCUT2D eigenvalue weighted by Gasteiger charge is 2.22. The van der Waals surface area contributed by atoms with Gasteiger partial charge in [-0.2, -0.15) is 0 Å². The number of hydrogen-bond donors (Lipinski definition) is 1. The molecule has 0 spiro atoms. The fraction of sp³-hybridized carbons (Fsp3) is 0.308. The maximum Gasteiger partial charge on any atom is 0.229 e. The van der Waals surface area contributed by atoms with E-state index in [1.54, 1.807) is 6.20 Å². The van der Waals surface area contributed by atoms with Gasteiger partial charge in [-0.15, -0.1) is 0 Å². The van der Waals surface area contributed by atoms with Gasteiger partial charge < -0.3 is 15.0 Å². The largest absolute Gasteiger partial charge is 0.493 e. The Morgan fingerprint density at radius 1 is 1.39 bits per heavy atom. The van der Waals surface area contributed by atoms with Crippen molar-refractivity contribution in [2.45, 2.75) is 12.8 Å². The Morgan fingerprint density at radius 2 is 2.22 bits per heavy atom. The average Bonchev–Trinajstić information content (AvgIpc) is 3.07. The van der Waals surface area contributed by atoms with Crippen molar-refractivity contribution in [2.75, 3.05) is 12.3 Å². The predicted octanol–water partition coefficient (Wildman–Crippen LogP) is 3.48. The number of nitrogens with two attached hydrogens (primary N) is 1. The molecular weight excluding hydrogens is 296 g/mol. The van der Waals surface area contributed by atoms with Crippen molar-refractivity contribution in [2.24, 2.45) is 5.92 Å². The first-order valence-electron chi connectivity index (χ1n) is 5.86. The van der Waals surface area contributed by atoms with E-state index < -0.39 is 0 Å². The highest BCUT2D eigenvalue weighted by Crippen LogP contribution is 2.34. The van der Waals surface area contributed by atoms with Crippen molar-refractivity contribution in [3.8, 4) is 16.9 Å². The molecule has 1 heterocycles. The summed E-state index contributed by atoms with van der Waals surface area (Å²) in [4.78, 5) is 0. The first-order chi connectivity index (χ1) is 8.72. The molecule has 4 nitrogen and oxygen atoms in total. The number of benzene rings is 1. The normalized spacial score (nSPS) is 14.7. The number of halogens is 1. The summed E-state index contributed by atoms with van der Waals surface area (Å²) in [6.07, 6.45) is 4.17. The van der Waals surface area contributed by atoms with Crippen LogP contribution in [-0.4, -0.2) is 11.8 Å². The van der Waals surface area contributed by atoms with E-state index in [4.69, 9.17) is 15.0 Å². The van der Waals surface area contributed by atoms with E-state index in [1.807, 2.05) is 18.2 Å². The van der Waals surface area contributed by atoms with E-state index in [-0.39, 0.29) is 0 Å². The van der Waals surface area contributed by atoms with Crippen LogP contribution >= 0.6 is 15.9 Å². The summed E-state index contributed by atoms with van der Waals surface area (Å²) < 4.78 is 11.6. The minimum atomic E-state index is 0.321. The van der Waals surface area contributed by atoms with Crippen LogP contribution in [0.1, 0.15) is 12.8 Å². The van der Waals surface area contributed by atoms with Crippen LogP contribution in [0.2, 0.25) is 0 Å². The Hall–Kier alpha value is -1.49. The number of nitrogen functional groups attached to an aromatic ring is 1. The Kier molecular flexibility index (Phi) is 2.99. The van der Waals surface area contributed by atoms with Gasteiger partial charge in [0.2, 0.25) is 5.88 Å². The third kappa shape index (κ3) is 2.51. The summed E-state index contributed by atoms with van der Waals surface area (Å²) in [6, 6.07) is 5.87. The Labute approximate surface area is 113 Å². The van der Waals surface area contributed by atoms with Crippen LogP contribution in [0.25, 0.3) is 11.1 Å². The SMILES string of the molecule is Nc1oncc1-c1cc(Br)cc(OCC2CC2)c1. The molecule has 1 aliphatic rings. The second-order valence-corrected chi connectivity index (χ2v) is 5.45. The quantitative estimate of drug-likeness (QED) is 0.939. The van der Waals surface area contributed by atoms with E-state index >= 15 is 0 Å². The van der Waals surface area contributed by atoms with Crippen LogP contribution in [0, 0.1) is 5.92 Å². The molecule has 18 heavy (non-hydrogen) atoms. The fourth-order valence-electron chi connectivity index (χ4n) is 1.77. The van der Waals surface area contributed by atoms with E-state index in [1.165, 1.54) is 12.8 Å². The lowest BCUT2D eigenvalue weighted by Crippen LogP contribution is -1.99. The molecular formula is C13H13BrN2O2. The van der Waals surface area contributed by atoms with Crippen molar-refractivity contribution >= 4 is 21.8 Å². The van der Waals surface area contributed by atoms with E-state index in [0.29, 0.717) is 5.88 Å². The minimum Gasteiger partial charge on any atom is -0.493 e. The molecule has 2 aromatic rings. The van der Waals surface area contributed by atoms with Gasteiger partial charge in [-0.3, -0.25) is 0 Å². The van der Waals surface area contributed by atoms with Gasteiger partial charge in [0.25, 0.3) is 0 Å². The average molecular weight is 309 g/mol. The van der Waals surface area contributed by atoms with Crippen LogP contribution in [-0.2, 0) is 0 Å². The molecule has 1 fully saturated rings. The molecule has 1 saturated carbocycles. The maximum atomic E-state index is 5.77. The van der Waals surface area contributed by atoms with Gasteiger partial charge in [-0.25, -0.2) is 0 Å². The monoisotopic (exact) mass is 308 g/mol. The number of ether oxygens (including phenoxy) is 1. The molecule has 0 saturated heterocycles. The molecule has 5 heteroatoms. The van der Waals surface area contributed by atoms with Gasteiger partial charge in [-0.05, 0) is 42.5 Å². The number of nitrogens with zero attached hydrogens (tertiary/aromatic N) is 1. The standard InChI is InChI=1S/C13H13BrN2O2/c14-10-3-9(12-6-16-18-13(12)15)4-11(5-10)17-7-8-1-2-8/h3-6,8H,1-2,7,15H2. The first-order valence-corrected chi connectivity index (χ1v) is 6.65. The lowest BCUT2D eigenvalue weighted by molar-refractivity contribution is 0.300. The summed E-state index contributed by atoms with van der Waals surface area (Å²) in [6.45, 7) is 0.787. The topological polar surface area (TPSA) is 61.3 Å². The molecule has 0 radical (unpaired) electrons. The third-order valence-corrected chi connectivity index (χ3v) is 3.42. The number of anilines is 1. The summed E-state index contributed by atoms with van der Waals surface area (Å²) in [5.74, 6) is 1.89. The van der Waals surface area contributed by atoms with Crippen molar-refractivity contribution in [3.05, 3.63) is 28.9 Å². The fourth-order valence-corrected chi connectivity index (χ4v) is 2.24. The number of rotatable bonds is 4. The van der Waals surface area contributed by atoms with Crippen LogP contribution < -0.4 is 10.5 Å². The van der Waals surface area contributed by atoms with Gasteiger partial charge in [-0.1, -0.05) is 21.1 Å². The van der Waals surface area contributed by atoms with Crippen molar-refractivity contribution < 1.29 is 9.26 Å². The zero-order valence-electron chi connectivity index (χ0n) is 9.73. The molecule has 0 aliphatic heterocycles. The summed E-state index contributed by atoms with van der Waals surface area (Å²) in [5, 5.41) is 3.69. The smallest absolute Gasteiger partial charge is 0.229 e. The molecule has 2 N–H and O–H groups in total. The Bertz CT molecular complexity index is 564. The van der Waals surface area contributed by atoms with Gasteiger partial charge in [0.1, 0.15) is 5.75 Å². The Morgan fingerprint density at radius 3 is 2.89 bits per heavy atom. The van der Waals surface area contributed by atoms with Crippen molar-refractivity contribution in [1.29, 1.82) is 0 Å². The molecule has 1 aromatic carbocycles. The van der Waals surface area contributed by atoms with Gasteiger partial charge in [0, 0.05) is 4.47 Å². The van der Waals surface area contributed by atoms with Crippen LogP contribution in [0.3, 0.4) is 0 Å². The lowest BCUT2D eigenvalue weighted by Gasteiger charge is -2.08. The summed E-state index contributed by atoms with van der Waals surface area (Å²) in [7, 11) is 0. The van der Waals surface area contributed by atoms with Crippen LogP contribution in [0.4, 0.5) is 5.88 Å². The molecule has 0 amide bonds. The molecule has 1 aliphatic carbocycles. The molecule has 0 unspecified atom stereocenters. The zero-order valence-corrected chi connectivity index (χ0v) is 11.3. The highest BCUT2D eigenvalue weighted by atomic mass is 79.9. The predicted molar refractivity (Wildman–Crippen MR) is 72.3 cm³/mol. The molecule has 3 rings (SSSR count). The van der Waals surface area contributed by atoms with Crippen LogP contribution in [0.5, 0.6) is 5.75 Å². The van der Waals surface area contributed by atoms with E-state index in [9.17, 15) is 0 Å². The second-order valence-electron chi connectivity index (χ2n) is 4.53. The van der Waals surface area contributed by atoms with Gasteiger partial charge in [0.15, 0.2) is 0 Å². The number of aromatic nitrogens is 1. The third-order valence-electron chi connectivity index (χ3n) is 2.96. The molecule has 1 aromatic heterocycles. The number of hydrogen-bond acceptors (Lipinski definition) is 4. The molecule has 94 valence electrons. The molecule has 0 atom stereocenters. The Balaban J connectivity index is 1.87. The van der Waals surface area contributed by atoms with E-state index in [2.05, 4.69) is 21.1 Å². The highest BCUT2D eigenvalue weighted by molar-refractivity contribution is 9.10. The van der Waals surface area contributed by atoms with Gasteiger partial charge in [0.05, 0.1) is 18.4 Å². The summed E-state index contributed by atoms with van der Waals surface area (Å²) >= 11 is 3.47. The van der Waals surface area contributed by atoms with E-state index in [0.717, 1.165) is 33.9 Å². The minimum absolute atomic E-state index is 0.321. The molecule has 0 bridgehead atoms. The zero-order chi connectivity index (χ0) is 12.5. The van der Waals surface area contributed by atoms with Crippen LogP contribution in [0.15, 0.2) is 33.4 Å². The maximum absolute atomic E-state index is 5.77.